The van der Waals surface area contributed by atoms with Crippen LogP contribution in [0.25, 0.3) is 0 Å². The van der Waals surface area contributed by atoms with Crippen molar-refractivity contribution in [2.24, 2.45) is 0 Å². The normalized spacial score (nSPS) is 12.3. The fourth-order valence-corrected chi connectivity index (χ4v) is 2.26. The van der Waals surface area contributed by atoms with Crippen LogP contribution in [0.1, 0.15) is 26.3 Å². The Kier molecular flexibility index (Phi) is 6.62. The fourth-order valence-electron chi connectivity index (χ4n) is 1.57. The number of amides is 2. The van der Waals surface area contributed by atoms with E-state index in [4.69, 9.17) is 5.11 Å². The van der Waals surface area contributed by atoms with Gasteiger partial charge >= 0.3 is 5.97 Å². The first-order chi connectivity index (χ1) is 10.6. The van der Waals surface area contributed by atoms with Gasteiger partial charge in [0.15, 0.2) is 0 Å². The largest absolute Gasteiger partial charge is 0.480 e. The zero-order valence-corrected chi connectivity index (χ0v) is 14.5. The highest BCUT2D eigenvalue weighted by Crippen LogP contribution is 2.14. The van der Waals surface area contributed by atoms with Gasteiger partial charge in [-0.15, -0.1) is 11.8 Å². The second-order valence-electron chi connectivity index (χ2n) is 5.79. The third-order valence-corrected chi connectivity index (χ3v) is 4.28. The molecule has 0 aliphatic rings. The monoisotopic (exact) mass is 338 g/mol. The van der Waals surface area contributed by atoms with Crippen LogP contribution in [0.15, 0.2) is 24.3 Å². The molecule has 1 aromatic carbocycles. The Bertz CT molecular complexity index is 584. The summed E-state index contributed by atoms with van der Waals surface area (Å²) in [6.07, 6.45) is 0. The lowest BCUT2D eigenvalue weighted by Gasteiger charge is -2.23. The lowest BCUT2D eigenvalue weighted by molar-refractivity contribution is -0.145. The summed E-state index contributed by atoms with van der Waals surface area (Å²) in [5.41, 5.74) is 0.463. The van der Waals surface area contributed by atoms with Gasteiger partial charge in [-0.05, 0) is 39.8 Å². The van der Waals surface area contributed by atoms with E-state index in [2.05, 4.69) is 10.6 Å². The second-order valence-corrected chi connectivity index (χ2v) is 7.12. The van der Waals surface area contributed by atoms with Gasteiger partial charge in [-0.1, -0.05) is 17.7 Å². The summed E-state index contributed by atoms with van der Waals surface area (Å²) >= 11 is 1.15. The summed E-state index contributed by atoms with van der Waals surface area (Å²) in [5, 5.41) is 13.6. The molecule has 7 heteroatoms. The molecule has 0 aromatic heterocycles. The number of carbonyl (C=O) groups excluding carboxylic acids is 2. The predicted molar refractivity (Wildman–Crippen MR) is 91.6 cm³/mol. The Labute approximate surface area is 140 Å². The molecule has 0 radical (unpaired) electrons. The standard InChI is InChI=1S/C16H22N2O4S/c1-10-5-7-12(8-6-10)17-13(19)9-23-11(2)14(20)18-16(3,4)15(21)22/h5-8,11H,9H2,1-4H3,(H,17,19)(H,18,20)(H,21,22). The van der Waals surface area contributed by atoms with Crippen molar-refractivity contribution >= 4 is 35.2 Å². The smallest absolute Gasteiger partial charge is 0.328 e. The van der Waals surface area contributed by atoms with E-state index >= 15 is 0 Å². The molecule has 2 amide bonds. The molecule has 1 unspecified atom stereocenters. The Morgan fingerprint density at radius 1 is 1.22 bits per heavy atom. The number of hydrogen-bond donors (Lipinski definition) is 3. The van der Waals surface area contributed by atoms with E-state index in [-0.39, 0.29) is 11.7 Å². The van der Waals surface area contributed by atoms with E-state index in [9.17, 15) is 14.4 Å². The SMILES string of the molecule is Cc1ccc(NC(=O)CSC(C)C(=O)NC(C)(C)C(=O)O)cc1. The highest BCUT2D eigenvalue weighted by atomic mass is 32.2. The molecule has 6 nitrogen and oxygen atoms in total. The lowest BCUT2D eigenvalue weighted by atomic mass is 10.1. The topological polar surface area (TPSA) is 95.5 Å². The van der Waals surface area contributed by atoms with Crippen LogP contribution in [0, 0.1) is 6.92 Å². The molecule has 0 aliphatic heterocycles. The van der Waals surface area contributed by atoms with Gasteiger partial charge in [0.1, 0.15) is 5.54 Å². The number of anilines is 1. The van der Waals surface area contributed by atoms with Crippen molar-refractivity contribution in [3.63, 3.8) is 0 Å². The van der Waals surface area contributed by atoms with Crippen molar-refractivity contribution in [1.29, 1.82) is 0 Å². The Morgan fingerprint density at radius 3 is 2.30 bits per heavy atom. The van der Waals surface area contributed by atoms with Gasteiger partial charge in [0, 0.05) is 5.69 Å². The average molecular weight is 338 g/mol. The third kappa shape index (κ3) is 6.32. The summed E-state index contributed by atoms with van der Waals surface area (Å²) in [5.74, 6) is -1.63. The molecule has 0 aliphatic carbocycles. The number of rotatable bonds is 7. The number of carboxylic acids is 1. The summed E-state index contributed by atoms with van der Waals surface area (Å²) in [6, 6.07) is 7.41. The van der Waals surface area contributed by atoms with Gasteiger partial charge < -0.3 is 15.7 Å². The maximum Gasteiger partial charge on any atom is 0.328 e. The van der Waals surface area contributed by atoms with Gasteiger partial charge in [-0.25, -0.2) is 4.79 Å². The number of hydrogen-bond acceptors (Lipinski definition) is 4. The van der Waals surface area contributed by atoms with Crippen molar-refractivity contribution in [3.05, 3.63) is 29.8 Å². The minimum Gasteiger partial charge on any atom is -0.480 e. The lowest BCUT2D eigenvalue weighted by Crippen LogP contribution is -2.51. The fraction of sp³-hybridized carbons (Fsp3) is 0.438. The average Bonchev–Trinajstić information content (AvgIpc) is 2.46. The van der Waals surface area contributed by atoms with Crippen LogP contribution in [-0.2, 0) is 14.4 Å². The van der Waals surface area contributed by atoms with Crippen LogP contribution in [-0.4, -0.2) is 39.4 Å². The minimum atomic E-state index is -1.34. The van der Waals surface area contributed by atoms with Crippen molar-refractivity contribution in [3.8, 4) is 0 Å². The molecule has 1 rings (SSSR count). The van der Waals surface area contributed by atoms with E-state index in [0.29, 0.717) is 5.69 Å². The Balaban J connectivity index is 2.44. The second kappa shape index (κ2) is 8.01. The molecule has 1 aromatic rings. The number of carbonyl (C=O) groups is 3. The number of benzene rings is 1. The van der Waals surface area contributed by atoms with Crippen LogP contribution in [0.3, 0.4) is 0 Å². The van der Waals surface area contributed by atoms with Crippen molar-refractivity contribution in [2.75, 3.05) is 11.1 Å². The number of carboxylic acid groups (broad SMARTS) is 1. The van der Waals surface area contributed by atoms with E-state index in [1.165, 1.54) is 13.8 Å². The van der Waals surface area contributed by atoms with Gasteiger partial charge in [0.2, 0.25) is 11.8 Å². The molecule has 0 saturated carbocycles. The summed E-state index contributed by atoms with van der Waals surface area (Å²) in [4.78, 5) is 34.8. The third-order valence-electron chi connectivity index (χ3n) is 3.14. The van der Waals surface area contributed by atoms with Crippen molar-refractivity contribution < 1.29 is 19.5 Å². The number of aryl methyl sites for hydroxylation is 1. The molecule has 23 heavy (non-hydrogen) atoms. The van der Waals surface area contributed by atoms with Crippen molar-refractivity contribution in [1.82, 2.24) is 5.32 Å². The zero-order chi connectivity index (χ0) is 17.6. The number of nitrogens with one attached hydrogen (secondary N) is 2. The summed E-state index contributed by atoms with van der Waals surface area (Å²) in [7, 11) is 0. The van der Waals surface area contributed by atoms with Crippen LogP contribution in [0.5, 0.6) is 0 Å². The minimum absolute atomic E-state index is 0.107. The first-order valence-electron chi connectivity index (χ1n) is 7.15. The van der Waals surface area contributed by atoms with Crippen molar-refractivity contribution in [2.45, 2.75) is 38.5 Å². The zero-order valence-electron chi connectivity index (χ0n) is 13.7. The van der Waals surface area contributed by atoms with E-state index in [1.54, 1.807) is 6.92 Å². The predicted octanol–water partition coefficient (Wildman–Crippen LogP) is 2.03. The van der Waals surface area contributed by atoms with Gasteiger partial charge in [-0.3, -0.25) is 9.59 Å². The van der Waals surface area contributed by atoms with Gasteiger partial charge in [-0.2, -0.15) is 0 Å². The van der Waals surface area contributed by atoms with E-state index < -0.39 is 22.7 Å². The molecule has 0 spiro atoms. The molecule has 0 bridgehead atoms. The van der Waals surface area contributed by atoms with Gasteiger partial charge in [0.05, 0.1) is 11.0 Å². The molecular weight excluding hydrogens is 316 g/mol. The van der Waals surface area contributed by atoms with Crippen LogP contribution < -0.4 is 10.6 Å². The molecule has 0 fully saturated rings. The van der Waals surface area contributed by atoms with Crippen LogP contribution >= 0.6 is 11.8 Å². The Hall–Kier alpha value is -2.02. The highest BCUT2D eigenvalue weighted by molar-refractivity contribution is 8.01. The maximum absolute atomic E-state index is 11.9. The first kappa shape index (κ1) is 19.0. The molecule has 3 N–H and O–H groups in total. The highest BCUT2D eigenvalue weighted by Gasteiger charge is 2.30. The van der Waals surface area contributed by atoms with Gasteiger partial charge in [0.25, 0.3) is 0 Å². The molecule has 0 saturated heterocycles. The molecule has 0 heterocycles. The first-order valence-corrected chi connectivity index (χ1v) is 8.20. The summed E-state index contributed by atoms with van der Waals surface area (Å²) < 4.78 is 0. The van der Waals surface area contributed by atoms with E-state index in [0.717, 1.165) is 17.3 Å². The van der Waals surface area contributed by atoms with Crippen LogP contribution in [0.2, 0.25) is 0 Å². The molecule has 126 valence electrons. The number of aliphatic carboxylic acids is 1. The number of thioether (sulfide) groups is 1. The molecular formula is C16H22N2O4S. The Morgan fingerprint density at radius 2 is 1.78 bits per heavy atom. The summed E-state index contributed by atoms with van der Waals surface area (Å²) in [6.45, 7) is 6.42. The van der Waals surface area contributed by atoms with E-state index in [1.807, 2.05) is 31.2 Å². The quantitative estimate of drug-likeness (QED) is 0.707. The maximum atomic E-state index is 11.9. The molecule has 1 atom stereocenters. The van der Waals surface area contributed by atoms with Crippen LogP contribution in [0.4, 0.5) is 5.69 Å².